The van der Waals surface area contributed by atoms with Gasteiger partial charge in [0.15, 0.2) is 0 Å². The number of nitro groups is 1. The minimum absolute atomic E-state index is 0.0431. The zero-order valence-corrected chi connectivity index (χ0v) is 13.5. The molecule has 0 aliphatic heterocycles. The smallest absolute Gasteiger partial charge is 0.285 e. The highest BCUT2D eigenvalue weighted by Crippen LogP contribution is 2.23. The predicted molar refractivity (Wildman–Crippen MR) is 86.1 cm³/mol. The summed E-state index contributed by atoms with van der Waals surface area (Å²) in [5.41, 5.74) is -0.694. The molecular weight excluding hydrogens is 321 g/mol. The molecule has 0 bridgehead atoms. The number of nitro benzene ring substituents is 1. The normalized spacial score (nSPS) is 12.2. The van der Waals surface area contributed by atoms with Gasteiger partial charge in [0.2, 0.25) is 0 Å². The van der Waals surface area contributed by atoms with Gasteiger partial charge in [0, 0.05) is 11.4 Å². The van der Waals surface area contributed by atoms with Crippen LogP contribution in [0.1, 0.15) is 21.3 Å². The van der Waals surface area contributed by atoms with Gasteiger partial charge in [-0.1, -0.05) is 6.07 Å². The summed E-state index contributed by atoms with van der Waals surface area (Å²) in [6, 6.07) is 6.74. The fourth-order valence-corrected chi connectivity index (χ4v) is 3.07. The number of likely N-dealkylation sites (N-methyl/N-ethyl adjacent to an activating group) is 1. The topological polar surface area (TPSA) is 75.5 Å². The summed E-state index contributed by atoms with van der Waals surface area (Å²) in [6.07, 6.45) is 0. The van der Waals surface area contributed by atoms with Crippen LogP contribution in [0.25, 0.3) is 0 Å². The van der Waals surface area contributed by atoms with Crippen molar-refractivity contribution in [1.82, 2.24) is 10.2 Å². The van der Waals surface area contributed by atoms with E-state index in [9.17, 15) is 19.3 Å². The molecule has 0 aliphatic rings. The third kappa shape index (κ3) is 4.11. The van der Waals surface area contributed by atoms with Crippen LogP contribution >= 0.6 is 11.3 Å². The second-order valence-corrected chi connectivity index (χ2v) is 6.10. The summed E-state index contributed by atoms with van der Waals surface area (Å²) < 4.78 is 13.1. The Labute approximate surface area is 136 Å². The summed E-state index contributed by atoms with van der Waals surface area (Å²) >= 11 is 1.57. The van der Waals surface area contributed by atoms with E-state index >= 15 is 0 Å². The Kier molecular flexibility index (Phi) is 5.41. The van der Waals surface area contributed by atoms with Crippen molar-refractivity contribution in [2.24, 2.45) is 0 Å². The van der Waals surface area contributed by atoms with Gasteiger partial charge in [0.1, 0.15) is 11.4 Å². The molecule has 1 atom stereocenters. The average Bonchev–Trinajstić information content (AvgIpc) is 3.00. The lowest BCUT2D eigenvalue weighted by Crippen LogP contribution is -2.34. The van der Waals surface area contributed by atoms with Crippen molar-refractivity contribution >= 4 is 22.9 Å². The highest BCUT2D eigenvalue weighted by molar-refractivity contribution is 7.10. The van der Waals surface area contributed by atoms with Gasteiger partial charge in [-0.3, -0.25) is 14.9 Å². The Balaban J connectivity index is 2.14. The number of benzene rings is 1. The highest BCUT2D eigenvalue weighted by atomic mass is 32.1. The second-order valence-electron chi connectivity index (χ2n) is 5.12. The largest absolute Gasteiger partial charge is 0.350 e. The van der Waals surface area contributed by atoms with E-state index in [-0.39, 0.29) is 11.6 Å². The number of nitrogens with zero attached hydrogens (tertiary/aromatic N) is 2. The lowest BCUT2D eigenvalue weighted by Gasteiger charge is -2.23. The summed E-state index contributed by atoms with van der Waals surface area (Å²) in [4.78, 5) is 25.4. The van der Waals surface area contributed by atoms with Crippen LogP contribution < -0.4 is 5.32 Å². The Bertz CT molecular complexity index is 704. The predicted octanol–water partition coefficient (Wildman–Crippen LogP) is 2.83. The summed E-state index contributed by atoms with van der Waals surface area (Å²) in [7, 11) is 3.77. The Morgan fingerprint density at radius 3 is 2.74 bits per heavy atom. The minimum atomic E-state index is -0.763. The molecule has 0 spiro atoms. The molecule has 0 saturated carbocycles. The summed E-state index contributed by atoms with van der Waals surface area (Å²) in [6.45, 7) is 0.293. The third-order valence-electron chi connectivity index (χ3n) is 3.35. The molecule has 2 aromatic rings. The molecule has 1 N–H and O–H groups in total. The van der Waals surface area contributed by atoms with E-state index in [1.165, 1.54) is 0 Å². The van der Waals surface area contributed by atoms with E-state index in [0.717, 1.165) is 23.1 Å². The lowest BCUT2D eigenvalue weighted by atomic mass is 10.1. The number of carbonyl (C=O) groups is 1. The van der Waals surface area contributed by atoms with E-state index in [1.807, 2.05) is 36.5 Å². The van der Waals surface area contributed by atoms with Crippen molar-refractivity contribution in [3.63, 3.8) is 0 Å². The maximum absolute atomic E-state index is 13.1. The van der Waals surface area contributed by atoms with E-state index in [1.54, 1.807) is 11.3 Å². The van der Waals surface area contributed by atoms with Gasteiger partial charge in [0.25, 0.3) is 11.6 Å². The van der Waals surface area contributed by atoms with Crippen molar-refractivity contribution in [2.75, 3.05) is 20.6 Å². The molecule has 1 unspecified atom stereocenters. The SMILES string of the molecule is CN(C)C(CNC(=O)c1ccc(F)cc1[N+](=O)[O-])c1cccs1. The first-order valence-electron chi connectivity index (χ1n) is 6.82. The number of amides is 1. The van der Waals surface area contributed by atoms with Crippen LogP contribution in [0.2, 0.25) is 0 Å². The van der Waals surface area contributed by atoms with Crippen molar-refractivity contribution < 1.29 is 14.1 Å². The highest BCUT2D eigenvalue weighted by Gasteiger charge is 2.22. The van der Waals surface area contributed by atoms with Gasteiger partial charge in [-0.15, -0.1) is 11.3 Å². The van der Waals surface area contributed by atoms with Gasteiger partial charge in [-0.05, 0) is 37.7 Å². The zero-order chi connectivity index (χ0) is 17.0. The fraction of sp³-hybridized carbons (Fsp3) is 0.267. The number of hydrogen-bond acceptors (Lipinski definition) is 5. The lowest BCUT2D eigenvalue weighted by molar-refractivity contribution is -0.385. The van der Waals surface area contributed by atoms with Crippen molar-refractivity contribution in [1.29, 1.82) is 0 Å². The van der Waals surface area contributed by atoms with Crippen LogP contribution in [0, 0.1) is 15.9 Å². The quantitative estimate of drug-likeness (QED) is 0.650. The minimum Gasteiger partial charge on any atom is -0.350 e. The molecule has 0 aliphatic carbocycles. The molecule has 23 heavy (non-hydrogen) atoms. The molecule has 6 nitrogen and oxygen atoms in total. The maximum atomic E-state index is 13.1. The van der Waals surface area contributed by atoms with Crippen molar-refractivity contribution in [3.05, 3.63) is 62.1 Å². The van der Waals surface area contributed by atoms with Crippen LogP contribution in [0.3, 0.4) is 0 Å². The number of halogens is 1. The van der Waals surface area contributed by atoms with Gasteiger partial charge < -0.3 is 10.2 Å². The van der Waals surface area contributed by atoms with Gasteiger partial charge in [0.05, 0.1) is 17.0 Å². The molecule has 0 radical (unpaired) electrons. The first kappa shape index (κ1) is 17.0. The first-order valence-corrected chi connectivity index (χ1v) is 7.70. The second kappa shape index (κ2) is 7.30. The van der Waals surface area contributed by atoms with Gasteiger partial charge in [-0.25, -0.2) is 4.39 Å². The molecular formula is C15H16FN3O3S. The van der Waals surface area contributed by atoms with Gasteiger partial charge >= 0.3 is 0 Å². The first-order chi connectivity index (χ1) is 10.9. The van der Waals surface area contributed by atoms with Crippen LogP contribution in [0.15, 0.2) is 35.7 Å². The molecule has 1 amide bonds. The van der Waals surface area contributed by atoms with Crippen LogP contribution in [-0.2, 0) is 0 Å². The Morgan fingerprint density at radius 1 is 1.43 bits per heavy atom. The number of thiophene rings is 1. The van der Waals surface area contributed by atoms with Crippen molar-refractivity contribution in [2.45, 2.75) is 6.04 Å². The number of nitrogens with one attached hydrogen (secondary N) is 1. The van der Waals surface area contributed by atoms with Gasteiger partial charge in [-0.2, -0.15) is 0 Å². The van der Waals surface area contributed by atoms with E-state index < -0.39 is 22.3 Å². The Morgan fingerprint density at radius 2 is 2.17 bits per heavy atom. The standard InChI is InChI=1S/C15H16FN3O3S/c1-18(2)13(14-4-3-7-23-14)9-17-15(20)11-6-5-10(16)8-12(11)19(21)22/h3-8,13H,9H2,1-2H3,(H,17,20). The molecule has 1 aromatic heterocycles. The van der Waals surface area contributed by atoms with Crippen LogP contribution in [0.4, 0.5) is 10.1 Å². The molecule has 2 rings (SSSR count). The van der Waals surface area contributed by atoms with Crippen LogP contribution in [0.5, 0.6) is 0 Å². The van der Waals surface area contributed by atoms with E-state index in [4.69, 9.17) is 0 Å². The average molecular weight is 337 g/mol. The number of rotatable bonds is 6. The van der Waals surface area contributed by atoms with Crippen molar-refractivity contribution in [3.8, 4) is 0 Å². The molecule has 0 saturated heterocycles. The molecule has 122 valence electrons. The monoisotopic (exact) mass is 337 g/mol. The summed E-state index contributed by atoms with van der Waals surface area (Å²) in [5.74, 6) is -1.35. The van der Waals surface area contributed by atoms with Crippen LogP contribution in [-0.4, -0.2) is 36.4 Å². The number of hydrogen-bond donors (Lipinski definition) is 1. The molecule has 8 heteroatoms. The molecule has 1 aromatic carbocycles. The molecule has 1 heterocycles. The third-order valence-corrected chi connectivity index (χ3v) is 4.33. The van der Waals surface area contributed by atoms with E-state index in [2.05, 4.69) is 5.32 Å². The Hall–Kier alpha value is -2.32. The number of carbonyl (C=O) groups excluding carboxylic acids is 1. The van der Waals surface area contributed by atoms with E-state index in [0.29, 0.717) is 6.54 Å². The molecule has 0 fully saturated rings. The maximum Gasteiger partial charge on any atom is 0.285 e. The summed E-state index contributed by atoms with van der Waals surface area (Å²) in [5, 5.41) is 15.6. The zero-order valence-electron chi connectivity index (χ0n) is 12.7. The fourth-order valence-electron chi connectivity index (χ4n) is 2.15.